The molecule has 1 saturated heterocycles. The maximum absolute atomic E-state index is 13.1. The number of carbonyl (C=O) groups is 1. The highest BCUT2D eigenvalue weighted by Crippen LogP contribution is 2.37. The summed E-state index contributed by atoms with van der Waals surface area (Å²) in [7, 11) is 0. The molecule has 1 atom stereocenters. The van der Waals surface area contributed by atoms with Crippen molar-refractivity contribution in [2.75, 3.05) is 18.1 Å². The highest BCUT2D eigenvalue weighted by molar-refractivity contribution is 5.80. The Morgan fingerprint density at radius 2 is 2.24 bits per heavy atom. The van der Waals surface area contributed by atoms with Gasteiger partial charge in [-0.25, -0.2) is 9.78 Å². The molecule has 116 valence electrons. The van der Waals surface area contributed by atoms with E-state index in [1.807, 2.05) is 0 Å². The zero-order valence-electron chi connectivity index (χ0n) is 11.7. The van der Waals surface area contributed by atoms with Crippen molar-refractivity contribution >= 4 is 11.8 Å². The molecule has 7 heteroatoms. The number of hydrogen-bond donors (Lipinski definition) is 0. The monoisotopic (exact) mass is 302 g/mol. The second-order valence-corrected chi connectivity index (χ2v) is 4.83. The van der Waals surface area contributed by atoms with E-state index in [2.05, 4.69) is 4.98 Å². The predicted molar refractivity (Wildman–Crippen MR) is 70.9 cm³/mol. The van der Waals surface area contributed by atoms with Crippen LogP contribution in [-0.4, -0.2) is 30.1 Å². The molecule has 0 amide bonds. The first-order chi connectivity index (χ1) is 9.95. The van der Waals surface area contributed by atoms with Gasteiger partial charge in [0.05, 0.1) is 12.2 Å². The van der Waals surface area contributed by atoms with Crippen LogP contribution < -0.4 is 4.90 Å². The van der Waals surface area contributed by atoms with E-state index in [-0.39, 0.29) is 12.4 Å². The fraction of sp³-hybridized carbons (Fsp3) is 0.571. The first-order valence-corrected chi connectivity index (χ1v) is 6.90. The molecule has 0 N–H and O–H groups in total. The number of anilines is 1. The second-order valence-electron chi connectivity index (χ2n) is 4.83. The van der Waals surface area contributed by atoms with Crippen LogP contribution in [0.5, 0.6) is 0 Å². The molecule has 1 fully saturated rings. The van der Waals surface area contributed by atoms with Crippen LogP contribution in [0.1, 0.15) is 31.7 Å². The zero-order chi connectivity index (χ0) is 15.5. The molecular weight excluding hydrogens is 285 g/mol. The summed E-state index contributed by atoms with van der Waals surface area (Å²) in [6.45, 7) is 2.24. The third kappa shape index (κ3) is 3.46. The van der Waals surface area contributed by atoms with Gasteiger partial charge in [0.25, 0.3) is 0 Å². The van der Waals surface area contributed by atoms with Gasteiger partial charge in [0.2, 0.25) is 0 Å². The quantitative estimate of drug-likeness (QED) is 0.805. The van der Waals surface area contributed by atoms with Crippen molar-refractivity contribution in [1.29, 1.82) is 0 Å². The van der Waals surface area contributed by atoms with Crippen molar-refractivity contribution in [2.24, 2.45) is 0 Å². The average Bonchev–Trinajstić information content (AvgIpc) is 2.46. The van der Waals surface area contributed by atoms with Crippen molar-refractivity contribution < 1.29 is 22.7 Å². The fourth-order valence-electron chi connectivity index (χ4n) is 2.52. The van der Waals surface area contributed by atoms with Gasteiger partial charge in [0.1, 0.15) is 11.9 Å². The van der Waals surface area contributed by atoms with Crippen molar-refractivity contribution in [3.05, 3.63) is 23.9 Å². The lowest BCUT2D eigenvalue weighted by Crippen LogP contribution is -2.46. The van der Waals surface area contributed by atoms with Gasteiger partial charge < -0.3 is 9.64 Å². The van der Waals surface area contributed by atoms with Gasteiger partial charge in [-0.1, -0.05) is 0 Å². The molecule has 1 aliphatic rings. The summed E-state index contributed by atoms with van der Waals surface area (Å²) in [5.41, 5.74) is -0.818. The van der Waals surface area contributed by atoms with Gasteiger partial charge in [-0.3, -0.25) is 0 Å². The maximum atomic E-state index is 13.1. The smallest absolute Gasteiger partial charge is 0.419 e. The molecule has 0 saturated carbocycles. The summed E-state index contributed by atoms with van der Waals surface area (Å²) in [5, 5.41) is 0. The van der Waals surface area contributed by atoms with E-state index in [9.17, 15) is 18.0 Å². The molecule has 0 aromatic carbocycles. The van der Waals surface area contributed by atoms with Gasteiger partial charge in [0, 0.05) is 12.7 Å². The van der Waals surface area contributed by atoms with Crippen LogP contribution in [0.2, 0.25) is 0 Å². The maximum Gasteiger partial charge on any atom is 0.419 e. The van der Waals surface area contributed by atoms with E-state index >= 15 is 0 Å². The SMILES string of the molecule is CCOC(=O)C1CCCCN1c1ncccc1C(F)(F)F. The van der Waals surface area contributed by atoms with Crippen LogP contribution in [0.15, 0.2) is 18.3 Å². The predicted octanol–water partition coefficient (Wildman–Crippen LogP) is 3.02. The molecule has 1 aliphatic heterocycles. The molecular formula is C14H17F3N2O2. The first-order valence-electron chi connectivity index (χ1n) is 6.90. The minimum absolute atomic E-state index is 0.192. The molecule has 21 heavy (non-hydrogen) atoms. The Labute approximate surface area is 120 Å². The van der Waals surface area contributed by atoms with Gasteiger partial charge in [-0.05, 0) is 38.3 Å². The number of alkyl halides is 3. The van der Waals surface area contributed by atoms with Crippen LogP contribution in [0.25, 0.3) is 0 Å². The number of carbonyl (C=O) groups excluding carboxylic acids is 1. The van der Waals surface area contributed by atoms with Crippen LogP contribution in [0.3, 0.4) is 0 Å². The lowest BCUT2D eigenvalue weighted by molar-refractivity contribution is -0.146. The minimum Gasteiger partial charge on any atom is -0.464 e. The molecule has 4 nitrogen and oxygen atoms in total. The van der Waals surface area contributed by atoms with Crippen LogP contribution in [0.4, 0.5) is 19.0 Å². The number of ether oxygens (including phenoxy) is 1. The summed E-state index contributed by atoms with van der Waals surface area (Å²) in [5.74, 6) is -0.682. The number of nitrogens with zero attached hydrogens (tertiary/aromatic N) is 2. The molecule has 0 aliphatic carbocycles. The molecule has 1 unspecified atom stereocenters. The topological polar surface area (TPSA) is 42.4 Å². The van der Waals surface area contributed by atoms with Crippen molar-refractivity contribution in [1.82, 2.24) is 4.98 Å². The molecule has 2 rings (SSSR count). The Hall–Kier alpha value is -1.79. The van der Waals surface area contributed by atoms with E-state index < -0.39 is 23.8 Å². The number of hydrogen-bond acceptors (Lipinski definition) is 4. The van der Waals surface area contributed by atoms with E-state index in [0.29, 0.717) is 13.0 Å². The summed E-state index contributed by atoms with van der Waals surface area (Å²) in [4.78, 5) is 17.3. The normalized spacial score (nSPS) is 19.4. The third-order valence-corrected chi connectivity index (χ3v) is 3.43. The van der Waals surface area contributed by atoms with E-state index in [0.717, 1.165) is 18.9 Å². The Morgan fingerprint density at radius 1 is 1.48 bits per heavy atom. The number of esters is 1. The molecule has 1 aromatic rings. The fourth-order valence-corrected chi connectivity index (χ4v) is 2.52. The van der Waals surface area contributed by atoms with E-state index in [1.54, 1.807) is 6.92 Å². The Morgan fingerprint density at radius 3 is 2.90 bits per heavy atom. The van der Waals surface area contributed by atoms with Crippen LogP contribution >= 0.6 is 0 Å². The number of rotatable bonds is 3. The largest absolute Gasteiger partial charge is 0.464 e. The Balaban J connectivity index is 2.36. The molecule has 0 spiro atoms. The van der Waals surface area contributed by atoms with Crippen molar-refractivity contribution in [3.63, 3.8) is 0 Å². The molecule has 0 bridgehead atoms. The first kappa shape index (κ1) is 15.6. The standard InChI is InChI=1S/C14H17F3N2O2/c1-2-21-13(20)11-7-3-4-9-19(11)12-10(14(15,16)17)6-5-8-18-12/h5-6,8,11H,2-4,7,9H2,1H3. The minimum atomic E-state index is -4.50. The number of pyridine rings is 1. The lowest BCUT2D eigenvalue weighted by atomic mass is 10.0. The number of aromatic nitrogens is 1. The highest BCUT2D eigenvalue weighted by Gasteiger charge is 2.39. The Bertz CT molecular complexity index is 505. The summed E-state index contributed by atoms with van der Waals surface area (Å²) in [6, 6.07) is 1.53. The van der Waals surface area contributed by atoms with Crippen molar-refractivity contribution in [2.45, 2.75) is 38.4 Å². The van der Waals surface area contributed by atoms with Gasteiger partial charge in [-0.2, -0.15) is 13.2 Å². The van der Waals surface area contributed by atoms with E-state index in [4.69, 9.17) is 4.74 Å². The number of halogens is 3. The summed E-state index contributed by atoms with van der Waals surface area (Å²) < 4.78 is 44.3. The van der Waals surface area contributed by atoms with Gasteiger partial charge in [-0.15, -0.1) is 0 Å². The average molecular weight is 302 g/mol. The second kappa shape index (κ2) is 6.32. The molecule has 1 aromatic heterocycles. The lowest BCUT2D eigenvalue weighted by Gasteiger charge is -2.36. The Kier molecular flexibility index (Phi) is 4.69. The zero-order valence-corrected chi connectivity index (χ0v) is 11.7. The highest BCUT2D eigenvalue weighted by atomic mass is 19.4. The molecule has 0 radical (unpaired) electrons. The molecule has 2 heterocycles. The van der Waals surface area contributed by atoms with Crippen LogP contribution in [-0.2, 0) is 15.7 Å². The van der Waals surface area contributed by atoms with E-state index in [1.165, 1.54) is 17.2 Å². The number of piperidine rings is 1. The summed E-state index contributed by atoms with van der Waals surface area (Å²) >= 11 is 0. The van der Waals surface area contributed by atoms with Crippen LogP contribution in [0, 0.1) is 0 Å². The van der Waals surface area contributed by atoms with Crippen molar-refractivity contribution in [3.8, 4) is 0 Å². The van der Waals surface area contributed by atoms with Gasteiger partial charge in [0.15, 0.2) is 0 Å². The van der Waals surface area contributed by atoms with Gasteiger partial charge >= 0.3 is 12.1 Å². The summed E-state index contributed by atoms with van der Waals surface area (Å²) in [6.07, 6.45) is -1.20. The third-order valence-electron chi connectivity index (χ3n) is 3.43.